The van der Waals surface area contributed by atoms with E-state index in [1.54, 1.807) is 11.8 Å². The molecular formula is C20H31ClN2O3S. The van der Waals surface area contributed by atoms with Crippen molar-refractivity contribution < 1.29 is 14.3 Å². The fraction of sp³-hybridized carbons (Fsp3) is 0.600. The van der Waals surface area contributed by atoms with Crippen molar-refractivity contribution in [1.82, 2.24) is 5.32 Å². The minimum atomic E-state index is -0.699. The Morgan fingerprint density at radius 3 is 2.63 bits per heavy atom. The molecule has 27 heavy (non-hydrogen) atoms. The normalized spacial score (nSPS) is 20.7. The fourth-order valence-corrected chi connectivity index (χ4v) is 4.21. The zero-order valence-electron chi connectivity index (χ0n) is 16.3. The van der Waals surface area contributed by atoms with Crippen LogP contribution in [0.25, 0.3) is 0 Å². The molecule has 0 saturated carbocycles. The molecule has 152 valence electrons. The number of amides is 1. The SMILES string of the molecule is CC[C@H](C)C(N)CSC(C)(Cc1ccccc1)C(=O)N[C@H]1CCOC1=O.Cl. The monoisotopic (exact) mass is 414 g/mol. The number of ether oxygens (including phenoxy) is 1. The van der Waals surface area contributed by atoms with E-state index >= 15 is 0 Å². The maximum atomic E-state index is 13.0. The summed E-state index contributed by atoms with van der Waals surface area (Å²) in [4.78, 5) is 24.8. The first-order chi connectivity index (χ1) is 12.4. The standard InChI is InChI=1S/C20H30N2O3S.ClH/c1-4-14(2)16(21)13-26-20(3,12-15-8-6-5-7-9-15)19(24)22-17-10-11-25-18(17)23;/h5-9,14,16-17H,4,10-13,21H2,1-3H3,(H,22,24);1H/t14-,16?,17-,20?;/m0./s1. The predicted molar refractivity (Wildman–Crippen MR) is 113 cm³/mol. The van der Waals surface area contributed by atoms with Gasteiger partial charge in [-0.15, -0.1) is 24.2 Å². The number of thioether (sulfide) groups is 1. The Bertz CT molecular complexity index is 617. The van der Waals surface area contributed by atoms with Gasteiger partial charge in [0, 0.05) is 18.2 Å². The van der Waals surface area contributed by atoms with E-state index in [0.717, 1.165) is 12.0 Å². The van der Waals surface area contributed by atoms with Crippen molar-refractivity contribution in [2.24, 2.45) is 11.7 Å². The summed E-state index contributed by atoms with van der Waals surface area (Å²) in [6, 6.07) is 9.43. The molecule has 7 heteroatoms. The third-order valence-electron chi connectivity index (χ3n) is 5.07. The van der Waals surface area contributed by atoms with Gasteiger partial charge in [-0.25, -0.2) is 4.79 Å². The predicted octanol–water partition coefficient (Wildman–Crippen LogP) is 2.95. The van der Waals surface area contributed by atoms with E-state index in [0.29, 0.717) is 31.1 Å². The van der Waals surface area contributed by atoms with Crippen molar-refractivity contribution in [3.63, 3.8) is 0 Å². The first kappa shape index (κ1) is 23.8. The van der Waals surface area contributed by atoms with Crippen LogP contribution in [0.5, 0.6) is 0 Å². The Balaban J connectivity index is 0.00000364. The Morgan fingerprint density at radius 1 is 1.41 bits per heavy atom. The number of nitrogens with one attached hydrogen (secondary N) is 1. The molecule has 3 N–H and O–H groups in total. The largest absolute Gasteiger partial charge is 0.464 e. The average Bonchev–Trinajstić information content (AvgIpc) is 3.04. The van der Waals surface area contributed by atoms with Crippen LogP contribution in [-0.2, 0) is 20.7 Å². The van der Waals surface area contributed by atoms with E-state index in [2.05, 4.69) is 19.2 Å². The molecule has 2 rings (SSSR count). The topological polar surface area (TPSA) is 81.4 Å². The molecule has 5 nitrogen and oxygen atoms in total. The number of carbonyl (C=O) groups excluding carboxylic acids is 2. The van der Waals surface area contributed by atoms with Gasteiger partial charge < -0.3 is 15.8 Å². The number of halogens is 1. The fourth-order valence-electron chi connectivity index (χ4n) is 2.87. The van der Waals surface area contributed by atoms with Crippen LogP contribution >= 0.6 is 24.2 Å². The number of hydrogen-bond acceptors (Lipinski definition) is 5. The maximum absolute atomic E-state index is 13.0. The van der Waals surface area contributed by atoms with Crippen molar-refractivity contribution in [2.75, 3.05) is 12.4 Å². The molecule has 0 spiro atoms. The molecular weight excluding hydrogens is 384 g/mol. The zero-order chi connectivity index (χ0) is 19.2. The summed E-state index contributed by atoms with van der Waals surface area (Å²) in [5.74, 6) is 0.616. The lowest BCUT2D eigenvalue weighted by Gasteiger charge is -2.31. The van der Waals surface area contributed by atoms with Gasteiger partial charge in [-0.3, -0.25) is 4.79 Å². The Morgan fingerprint density at radius 2 is 2.07 bits per heavy atom. The highest BCUT2D eigenvalue weighted by atomic mass is 35.5. The first-order valence-corrected chi connectivity index (χ1v) is 10.3. The molecule has 1 aliphatic heterocycles. The van der Waals surface area contributed by atoms with Gasteiger partial charge in [0.15, 0.2) is 0 Å². The minimum Gasteiger partial charge on any atom is -0.464 e. The highest BCUT2D eigenvalue weighted by molar-refractivity contribution is 8.01. The van der Waals surface area contributed by atoms with E-state index in [1.807, 2.05) is 37.3 Å². The molecule has 0 aromatic heterocycles. The van der Waals surface area contributed by atoms with Crippen LogP contribution in [0, 0.1) is 5.92 Å². The Kier molecular flexibility index (Phi) is 9.63. The lowest BCUT2D eigenvalue weighted by molar-refractivity contribution is -0.141. The number of nitrogens with two attached hydrogens (primary N) is 1. The molecule has 0 bridgehead atoms. The van der Waals surface area contributed by atoms with Crippen molar-refractivity contribution in [1.29, 1.82) is 0 Å². The van der Waals surface area contributed by atoms with E-state index in [4.69, 9.17) is 10.5 Å². The van der Waals surface area contributed by atoms with Gasteiger partial charge in [0.2, 0.25) is 5.91 Å². The quantitative estimate of drug-likeness (QED) is 0.607. The number of cyclic esters (lactones) is 1. The average molecular weight is 415 g/mol. The van der Waals surface area contributed by atoms with Crippen LogP contribution in [0.3, 0.4) is 0 Å². The molecule has 1 aromatic rings. The van der Waals surface area contributed by atoms with Crippen LogP contribution in [-0.4, -0.2) is 41.1 Å². The van der Waals surface area contributed by atoms with E-state index in [9.17, 15) is 9.59 Å². The summed E-state index contributed by atoms with van der Waals surface area (Å²) in [5, 5.41) is 2.88. The second kappa shape index (κ2) is 10.9. The molecule has 1 saturated heterocycles. The van der Waals surface area contributed by atoms with Gasteiger partial charge in [0.1, 0.15) is 6.04 Å². The summed E-state index contributed by atoms with van der Waals surface area (Å²) in [5.41, 5.74) is 7.37. The zero-order valence-corrected chi connectivity index (χ0v) is 17.9. The van der Waals surface area contributed by atoms with Gasteiger partial charge in [0.05, 0.1) is 11.4 Å². The van der Waals surface area contributed by atoms with Gasteiger partial charge >= 0.3 is 5.97 Å². The molecule has 1 aromatic carbocycles. The molecule has 2 unspecified atom stereocenters. The maximum Gasteiger partial charge on any atom is 0.328 e. The second-order valence-corrected chi connectivity index (χ2v) is 8.76. The summed E-state index contributed by atoms with van der Waals surface area (Å²) in [6.07, 6.45) is 2.12. The van der Waals surface area contributed by atoms with Crippen LogP contribution in [0.15, 0.2) is 30.3 Å². The Labute approximate surface area is 172 Å². The summed E-state index contributed by atoms with van der Waals surface area (Å²) in [7, 11) is 0. The molecule has 1 amide bonds. The summed E-state index contributed by atoms with van der Waals surface area (Å²) < 4.78 is 4.26. The van der Waals surface area contributed by atoms with Crippen LogP contribution in [0.2, 0.25) is 0 Å². The summed E-state index contributed by atoms with van der Waals surface area (Å²) >= 11 is 1.57. The second-order valence-electron chi connectivity index (χ2n) is 7.24. The highest BCUT2D eigenvalue weighted by Gasteiger charge is 2.38. The van der Waals surface area contributed by atoms with Gasteiger partial charge in [0.25, 0.3) is 0 Å². The third-order valence-corrected chi connectivity index (χ3v) is 6.59. The molecule has 1 aliphatic rings. The van der Waals surface area contributed by atoms with Crippen molar-refractivity contribution >= 4 is 36.0 Å². The minimum absolute atomic E-state index is 0. The number of hydrogen-bond donors (Lipinski definition) is 2. The number of benzene rings is 1. The van der Waals surface area contributed by atoms with Crippen molar-refractivity contribution in [2.45, 2.75) is 56.9 Å². The Hall–Kier alpha value is -1.24. The molecule has 0 aliphatic carbocycles. The highest BCUT2D eigenvalue weighted by Crippen LogP contribution is 2.31. The molecule has 0 radical (unpaired) electrons. The molecule has 1 fully saturated rings. The summed E-state index contributed by atoms with van der Waals surface area (Å²) in [6.45, 7) is 6.56. The first-order valence-electron chi connectivity index (χ1n) is 9.26. The van der Waals surface area contributed by atoms with Gasteiger partial charge in [-0.2, -0.15) is 0 Å². The smallest absolute Gasteiger partial charge is 0.328 e. The van der Waals surface area contributed by atoms with Crippen LogP contribution in [0.4, 0.5) is 0 Å². The van der Waals surface area contributed by atoms with Crippen LogP contribution < -0.4 is 11.1 Å². The number of esters is 1. The van der Waals surface area contributed by atoms with Gasteiger partial charge in [-0.1, -0.05) is 50.6 Å². The van der Waals surface area contributed by atoms with Crippen LogP contribution in [0.1, 0.15) is 39.2 Å². The van der Waals surface area contributed by atoms with Gasteiger partial charge in [-0.05, 0) is 24.8 Å². The van der Waals surface area contributed by atoms with Crippen molar-refractivity contribution in [3.05, 3.63) is 35.9 Å². The third kappa shape index (κ3) is 6.70. The van der Waals surface area contributed by atoms with E-state index < -0.39 is 10.8 Å². The lowest BCUT2D eigenvalue weighted by Crippen LogP contribution is -2.50. The molecule has 4 atom stereocenters. The lowest BCUT2D eigenvalue weighted by atomic mass is 9.98. The molecule has 1 heterocycles. The number of rotatable bonds is 9. The van der Waals surface area contributed by atoms with E-state index in [1.165, 1.54) is 0 Å². The van der Waals surface area contributed by atoms with Crippen molar-refractivity contribution in [3.8, 4) is 0 Å². The number of carbonyl (C=O) groups is 2. The van der Waals surface area contributed by atoms with E-state index in [-0.39, 0.29) is 30.3 Å².